The third-order valence-corrected chi connectivity index (χ3v) is 3.58. The Morgan fingerprint density at radius 2 is 1.78 bits per heavy atom. The first-order valence-electron chi connectivity index (χ1n) is 6.36. The van der Waals surface area contributed by atoms with Crippen LogP contribution in [-0.2, 0) is 0 Å². The van der Waals surface area contributed by atoms with E-state index in [4.69, 9.17) is 5.73 Å². The van der Waals surface area contributed by atoms with Crippen LogP contribution in [0.5, 0.6) is 0 Å². The van der Waals surface area contributed by atoms with E-state index in [-0.39, 0.29) is 12.1 Å². The van der Waals surface area contributed by atoms with E-state index in [9.17, 15) is 5.11 Å². The van der Waals surface area contributed by atoms with Crippen LogP contribution in [0.3, 0.4) is 0 Å². The molecule has 4 heteroatoms. The first-order valence-corrected chi connectivity index (χ1v) is 7.16. The van der Waals surface area contributed by atoms with Gasteiger partial charge in [0.25, 0.3) is 0 Å². The Morgan fingerprint density at radius 3 is 2.33 bits per heavy atom. The molecule has 1 aromatic rings. The second kappa shape index (κ2) is 7.89. The fourth-order valence-electron chi connectivity index (χ4n) is 1.76. The molecule has 18 heavy (non-hydrogen) atoms. The van der Waals surface area contributed by atoms with Crippen LogP contribution in [0, 0.1) is 0 Å². The maximum absolute atomic E-state index is 9.23. The van der Waals surface area contributed by atoms with Crippen molar-refractivity contribution < 1.29 is 5.11 Å². The van der Waals surface area contributed by atoms with Crippen molar-refractivity contribution in [1.29, 1.82) is 0 Å². The third kappa shape index (κ3) is 5.96. The summed E-state index contributed by atoms with van der Waals surface area (Å²) in [6, 6.07) is 8.24. The van der Waals surface area contributed by atoms with E-state index in [2.05, 4.69) is 40.0 Å². The molecule has 1 aromatic carbocycles. The van der Waals surface area contributed by atoms with Crippen LogP contribution in [-0.4, -0.2) is 36.2 Å². The van der Waals surface area contributed by atoms with Gasteiger partial charge in [-0.2, -0.15) is 0 Å². The highest BCUT2D eigenvalue weighted by atomic mass is 79.9. The van der Waals surface area contributed by atoms with E-state index in [1.165, 1.54) is 5.56 Å². The zero-order chi connectivity index (χ0) is 13.5. The minimum Gasteiger partial charge on any atom is -0.393 e. The van der Waals surface area contributed by atoms with Gasteiger partial charge in [-0.1, -0.05) is 28.1 Å². The smallest absolute Gasteiger partial charge is 0.0524 e. The second-order valence-corrected chi connectivity index (χ2v) is 5.80. The summed E-state index contributed by atoms with van der Waals surface area (Å²) in [4.78, 5) is 2.21. The third-order valence-electron chi connectivity index (χ3n) is 3.05. The lowest BCUT2D eigenvalue weighted by Gasteiger charge is -2.20. The number of nitrogens with two attached hydrogens (primary N) is 1. The summed E-state index contributed by atoms with van der Waals surface area (Å²) in [5, 5.41) is 9.23. The number of hydrogen-bond acceptors (Lipinski definition) is 3. The second-order valence-electron chi connectivity index (χ2n) is 4.89. The van der Waals surface area contributed by atoms with Gasteiger partial charge in [-0.15, -0.1) is 0 Å². The molecule has 0 saturated heterocycles. The fraction of sp³-hybridized carbons (Fsp3) is 0.571. The average molecular weight is 315 g/mol. The fourth-order valence-corrected chi connectivity index (χ4v) is 2.02. The molecule has 1 rings (SSSR count). The van der Waals surface area contributed by atoms with Gasteiger partial charge < -0.3 is 15.7 Å². The molecule has 2 atom stereocenters. The van der Waals surface area contributed by atoms with Gasteiger partial charge in [0.15, 0.2) is 0 Å². The van der Waals surface area contributed by atoms with Crippen LogP contribution in [0.25, 0.3) is 0 Å². The molecule has 3 nitrogen and oxygen atoms in total. The van der Waals surface area contributed by atoms with Crippen molar-refractivity contribution in [3.8, 4) is 0 Å². The lowest BCUT2D eigenvalue weighted by molar-refractivity contribution is 0.163. The van der Waals surface area contributed by atoms with Gasteiger partial charge in [0.2, 0.25) is 0 Å². The predicted molar refractivity (Wildman–Crippen MR) is 79.5 cm³/mol. The molecule has 0 amide bonds. The zero-order valence-corrected chi connectivity index (χ0v) is 12.7. The number of aliphatic hydroxyl groups is 1. The van der Waals surface area contributed by atoms with Gasteiger partial charge in [0.05, 0.1) is 6.10 Å². The van der Waals surface area contributed by atoms with E-state index in [1.54, 1.807) is 0 Å². The number of hydrogen-bond donors (Lipinski definition) is 2. The Hall–Kier alpha value is -0.420. The monoisotopic (exact) mass is 314 g/mol. The summed E-state index contributed by atoms with van der Waals surface area (Å²) in [6.45, 7) is 3.68. The SMILES string of the molecule is CC(O)CCN(C)CCC(N)c1ccc(Br)cc1. The highest BCUT2D eigenvalue weighted by Crippen LogP contribution is 2.17. The number of benzene rings is 1. The molecular formula is C14H23BrN2O. The molecule has 0 spiro atoms. The molecule has 0 fully saturated rings. The quantitative estimate of drug-likeness (QED) is 0.813. The van der Waals surface area contributed by atoms with Crippen molar-refractivity contribution in [2.45, 2.75) is 31.9 Å². The summed E-state index contributed by atoms with van der Waals surface area (Å²) in [5.74, 6) is 0. The first kappa shape index (κ1) is 15.6. The highest BCUT2D eigenvalue weighted by molar-refractivity contribution is 9.10. The zero-order valence-electron chi connectivity index (χ0n) is 11.1. The molecule has 0 aliphatic rings. The summed E-state index contributed by atoms with van der Waals surface area (Å²) < 4.78 is 1.08. The Balaban J connectivity index is 2.32. The van der Waals surface area contributed by atoms with Crippen LogP contribution in [0.2, 0.25) is 0 Å². The lowest BCUT2D eigenvalue weighted by Crippen LogP contribution is -2.26. The van der Waals surface area contributed by atoms with Crippen molar-refractivity contribution in [2.24, 2.45) is 5.73 Å². The topological polar surface area (TPSA) is 49.5 Å². The van der Waals surface area contributed by atoms with E-state index in [0.717, 1.165) is 30.4 Å². The number of nitrogens with zero attached hydrogens (tertiary/aromatic N) is 1. The summed E-state index contributed by atoms with van der Waals surface area (Å²) >= 11 is 3.42. The minimum atomic E-state index is -0.229. The molecule has 0 bridgehead atoms. The van der Waals surface area contributed by atoms with Gasteiger partial charge in [0, 0.05) is 17.1 Å². The molecule has 3 N–H and O–H groups in total. The number of rotatable bonds is 7. The summed E-state index contributed by atoms with van der Waals surface area (Å²) in [7, 11) is 2.07. The molecule has 2 unspecified atom stereocenters. The summed E-state index contributed by atoms with van der Waals surface area (Å²) in [6.07, 6.45) is 1.51. The van der Waals surface area contributed by atoms with Crippen molar-refractivity contribution in [1.82, 2.24) is 4.90 Å². The Morgan fingerprint density at radius 1 is 1.22 bits per heavy atom. The van der Waals surface area contributed by atoms with Crippen molar-refractivity contribution >= 4 is 15.9 Å². The molecule has 0 heterocycles. The molecule has 0 aliphatic carbocycles. The lowest BCUT2D eigenvalue weighted by atomic mass is 10.0. The molecule has 0 aromatic heterocycles. The van der Waals surface area contributed by atoms with Gasteiger partial charge >= 0.3 is 0 Å². The van der Waals surface area contributed by atoms with Gasteiger partial charge in [-0.3, -0.25) is 0 Å². The molecule has 0 saturated carbocycles. The van der Waals surface area contributed by atoms with E-state index in [1.807, 2.05) is 19.1 Å². The van der Waals surface area contributed by atoms with Gasteiger partial charge in [0.1, 0.15) is 0 Å². The number of halogens is 1. The number of aliphatic hydroxyl groups excluding tert-OH is 1. The highest BCUT2D eigenvalue weighted by Gasteiger charge is 2.08. The van der Waals surface area contributed by atoms with Crippen LogP contribution >= 0.6 is 15.9 Å². The van der Waals surface area contributed by atoms with Crippen LogP contribution in [0.1, 0.15) is 31.4 Å². The Labute approximate surface area is 118 Å². The van der Waals surface area contributed by atoms with Crippen molar-refractivity contribution in [2.75, 3.05) is 20.1 Å². The standard InChI is InChI=1S/C14H23BrN2O/c1-11(18)7-9-17(2)10-8-14(16)12-3-5-13(15)6-4-12/h3-6,11,14,18H,7-10,16H2,1-2H3. The average Bonchev–Trinajstić information content (AvgIpc) is 2.34. The van der Waals surface area contributed by atoms with Gasteiger partial charge in [-0.05, 0) is 51.1 Å². The predicted octanol–water partition coefficient (Wildman–Crippen LogP) is 2.54. The first-order chi connectivity index (χ1) is 8.49. The normalized spacial score (nSPS) is 14.8. The van der Waals surface area contributed by atoms with Crippen LogP contribution in [0.4, 0.5) is 0 Å². The molecule has 102 valence electrons. The van der Waals surface area contributed by atoms with Crippen molar-refractivity contribution in [3.63, 3.8) is 0 Å². The van der Waals surface area contributed by atoms with E-state index < -0.39 is 0 Å². The molecular weight excluding hydrogens is 292 g/mol. The minimum absolute atomic E-state index is 0.0760. The van der Waals surface area contributed by atoms with Crippen LogP contribution < -0.4 is 5.73 Å². The Kier molecular flexibility index (Phi) is 6.86. The Bertz CT molecular complexity index is 340. The largest absolute Gasteiger partial charge is 0.393 e. The maximum atomic E-state index is 9.23. The molecule has 0 aliphatic heterocycles. The van der Waals surface area contributed by atoms with E-state index in [0.29, 0.717) is 0 Å². The van der Waals surface area contributed by atoms with E-state index >= 15 is 0 Å². The maximum Gasteiger partial charge on any atom is 0.0524 e. The molecule has 0 radical (unpaired) electrons. The van der Waals surface area contributed by atoms with Crippen LogP contribution in [0.15, 0.2) is 28.7 Å². The summed E-state index contributed by atoms with van der Waals surface area (Å²) in [5.41, 5.74) is 7.33. The van der Waals surface area contributed by atoms with Crippen molar-refractivity contribution in [3.05, 3.63) is 34.3 Å². The van der Waals surface area contributed by atoms with Gasteiger partial charge in [-0.25, -0.2) is 0 Å².